The third-order valence-corrected chi connectivity index (χ3v) is 4.04. The maximum Gasteiger partial charge on any atom is 0.320 e. The molecule has 3 rings (SSSR count). The normalized spacial score (nSPS) is 23.1. The van der Waals surface area contributed by atoms with Crippen molar-refractivity contribution >= 4 is 6.03 Å². The van der Waals surface area contributed by atoms with Gasteiger partial charge in [0.05, 0.1) is 13.2 Å². The summed E-state index contributed by atoms with van der Waals surface area (Å²) in [5.41, 5.74) is 1.18. The number of urea groups is 1. The number of nitrogens with zero attached hydrogens (tertiary/aromatic N) is 4. The number of hydrogen-bond acceptors (Lipinski definition) is 4. The Hall–Kier alpha value is -1.82. The number of hydrogen-bond donors (Lipinski definition) is 0. The van der Waals surface area contributed by atoms with Gasteiger partial charge in [-0.25, -0.2) is 9.78 Å². The minimum atomic E-state index is 0.167. The van der Waals surface area contributed by atoms with Crippen molar-refractivity contribution in [2.45, 2.75) is 12.6 Å². The molecule has 6 heteroatoms. The maximum atomic E-state index is 11.9. The summed E-state index contributed by atoms with van der Waals surface area (Å²) in [7, 11) is 3.49. The molecule has 2 amide bonds. The van der Waals surface area contributed by atoms with Crippen molar-refractivity contribution in [2.24, 2.45) is 0 Å². The summed E-state index contributed by atoms with van der Waals surface area (Å²) in [5, 5.41) is 0. The van der Waals surface area contributed by atoms with E-state index < -0.39 is 0 Å². The molecule has 20 heavy (non-hydrogen) atoms. The van der Waals surface area contributed by atoms with Crippen molar-refractivity contribution in [3.05, 3.63) is 23.9 Å². The third-order valence-electron chi connectivity index (χ3n) is 4.04. The Bertz CT molecular complexity index is 490. The summed E-state index contributed by atoms with van der Waals surface area (Å²) in [6.07, 6.45) is 1.86. The zero-order chi connectivity index (χ0) is 14.1. The van der Waals surface area contributed by atoms with E-state index in [1.54, 1.807) is 7.11 Å². The van der Waals surface area contributed by atoms with Gasteiger partial charge in [0.1, 0.15) is 0 Å². The number of amides is 2. The van der Waals surface area contributed by atoms with Crippen LogP contribution in [0.15, 0.2) is 18.3 Å². The highest BCUT2D eigenvalue weighted by Crippen LogP contribution is 2.20. The fourth-order valence-electron chi connectivity index (χ4n) is 2.97. The number of carbonyl (C=O) groups is 1. The zero-order valence-electron chi connectivity index (χ0n) is 12.0. The van der Waals surface area contributed by atoms with Crippen LogP contribution in [0.2, 0.25) is 0 Å². The Morgan fingerprint density at radius 3 is 2.90 bits per heavy atom. The Kier molecular flexibility index (Phi) is 3.48. The molecule has 0 spiro atoms. The summed E-state index contributed by atoms with van der Waals surface area (Å²) in [5.74, 6) is 0.640. The number of aromatic nitrogens is 1. The molecule has 0 bridgehead atoms. The SMILES string of the molecule is COc1ccc(CN2CCN3C(=O)N(C)C[C@H]3C2)cn1. The van der Waals surface area contributed by atoms with Gasteiger partial charge in [-0.05, 0) is 5.56 Å². The van der Waals surface area contributed by atoms with Crippen LogP contribution in [-0.2, 0) is 6.54 Å². The predicted molar refractivity (Wildman–Crippen MR) is 74.6 cm³/mol. The van der Waals surface area contributed by atoms with Gasteiger partial charge in [0, 0.05) is 52.0 Å². The molecule has 0 aliphatic carbocycles. The molecule has 1 aromatic rings. The molecule has 0 radical (unpaired) electrons. The van der Waals surface area contributed by atoms with Crippen molar-refractivity contribution in [1.82, 2.24) is 19.7 Å². The minimum absolute atomic E-state index is 0.167. The molecule has 2 saturated heterocycles. The molecule has 0 saturated carbocycles. The highest BCUT2D eigenvalue weighted by molar-refractivity contribution is 5.77. The van der Waals surface area contributed by atoms with E-state index in [4.69, 9.17) is 4.74 Å². The second-order valence-electron chi connectivity index (χ2n) is 5.45. The van der Waals surface area contributed by atoms with Crippen molar-refractivity contribution in [3.63, 3.8) is 0 Å². The first-order chi connectivity index (χ1) is 9.67. The lowest BCUT2D eigenvalue weighted by atomic mass is 10.1. The van der Waals surface area contributed by atoms with E-state index in [2.05, 4.69) is 9.88 Å². The molecule has 1 aromatic heterocycles. The van der Waals surface area contributed by atoms with Crippen LogP contribution < -0.4 is 4.74 Å². The monoisotopic (exact) mass is 276 g/mol. The van der Waals surface area contributed by atoms with Gasteiger partial charge < -0.3 is 14.5 Å². The summed E-state index contributed by atoms with van der Waals surface area (Å²) in [6, 6.07) is 4.43. The Morgan fingerprint density at radius 1 is 1.35 bits per heavy atom. The first-order valence-electron chi connectivity index (χ1n) is 6.90. The van der Waals surface area contributed by atoms with Crippen molar-refractivity contribution < 1.29 is 9.53 Å². The van der Waals surface area contributed by atoms with Gasteiger partial charge in [0.25, 0.3) is 0 Å². The smallest absolute Gasteiger partial charge is 0.320 e. The summed E-state index contributed by atoms with van der Waals surface area (Å²) in [6.45, 7) is 4.37. The van der Waals surface area contributed by atoms with Crippen LogP contribution in [0.1, 0.15) is 5.56 Å². The van der Waals surface area contributed by atoms with Crippen molar-refractivity contribution in [2.75, 3.05) is 40.3 Å². The number of likely N-dealkylation sites (N-methyl/N-ethyl adjacent to an activating group) is 1. The molecule has 108 valence electrons. The molecule has 2 aliphatic heterocycles. The standard InChI is InChI=1S/C14H20N4O2/c1-16-9-12-10-17(5-6-18(12)14(16)19)8-11-3-4-13(20-2)15-7-11/h3-4,7,12H,5-6,8-10H2,1-2H3/t12-/m0/s1. The number of carbonyl (C=O) groups excluding carboxylic acids is 1. The number of fused-ring (bicyclic) bond motifs is 1. The molecule has 1 atom stereocenters. The van der Waals surface area contributed by atoms with Gasteiger partial charge in [-0.15, -0.1) is 0 Å². The minimum Gasteiger partial charge on any atom is -0.481 e. The van der Waals surface area contributed by atoms with Gasteiger partial charge in [-0.1, -0.05) is 6.07 Å². The molecule has 3 heterocycles. The summed E-state index contributed by atoms with van der Waals surface area (Å²) >= 11 is 0. The van der Waals surface area contributed by atoms with Crippen LogP contribution in [0.25, 0.3) is 0 Å². The lowest BCUT2D eigenvalue weighted by Crippen LogP contribution is -2.51. The quantitative estimate of drug-likeness (QED) is 0.813. The number of rotatable bonds is 3. The zero-order valence-corrected chi connectivity index (χ0v) is 12.0. The van der Waals surface area contributed by atoms with E-state index >= 15 is 0 Å². The second kappa shape index (κ2) is 5.28. The maximum absolute atomic E-state index is 11.9. The fraction of sp³-hybridized carbons (Fsp3) is 0.571. The van der Waals surface area contributed by atoms with Crippen LogP contribution in [-0.4, -0.2) is 72.1 Å². The Balaban J connectivity index is 1.61. The van der Waals surface area contributed by atoms with Gasteiger partial charge in [0.2, 0.25) is 5.88 Å². The van der Waals surface area contributed by atoms with E-state index in [-0.39, 0.29) is 6.03 Å². The van der Waals surface area contributed by atoms with Crippen LogP contribution in [0.5, 0.6) is 5.88 Å². The van der Waals surface area contributed by atoms with Crippen molar-refractivity contribution in [1.29, 1.82) is 0 Å². The average molecular weight is 276 g/mol. The van der Waals surface area contributed by atoms with Gasteiger partial charge >= 0.3 is 6.03 Å². The Labute approximate surface area is 118 Å². The van der Waals surface area contributed by atoms with Gasteiger partial charge in [-0.2, -0.15) is 0 Å². The summed E-state index contributed by atoms with van der Waals surface area (Å²) in [4.78, 5) is 22.3. The molecule has 2 fully saturated rings. The van der Waals surface area contributed by atoms with Crippen molar-refractivity contribution in [3.8, 4) is 5.88 Å². The number of ether oxygens (including phenoxy) is 1. The molecule has 6 nitrogen and oxygen atoms in total. The topological polar surface area (TPSA) is 48.9 Å². The van der Waals surface area contributed by atoms with E-state index in [9.17, 15) is 4.79 Å². The van der Waals surface area contributed by atoms with Crippen LogP contribution in [0.4, 0.5) is 4.79 Å². The highest BCUT2D eigenvalue weighted by atomic mass is 16.5. The molecule has 2 aliphatic rings. The number of pyridine rings is 1. The van der Waals surface area contributed by atoms with Gasteiger partial charge in [-0.3, -0.25) is 4.90 Å². The fourth-order valence-corrected chi connectivity index (χ4v) is 2.97. The first kappa shape index (κ1) is 13.2. The highest BCUT2D eigenvalue weighted by Gasteiger charge is 2.38. The third kappa shape index (κ3) is 2.43. The number of methoxy groups -OCH3 is 1. The van der Waals surface area contributed by atoms with E-state index in [1.165, 1.54) is 5.56 Å². The lowest BCUT2D eigenvalue weighted by molar-refractivity contribution is 0.116. The molecule has 0 aromatic carbocycles. The lowest BCUT2D eigenvalue weighted by Gasteiger charge is -2.36. The van der Waals surface area contributed by atoms with E-state index in [0.717, 1.165) is 32.7 Å². The predicted octanol–water partition coefficient (Wildman–Crippen LogP) is 0.642. The van der Waals surface area contributed by atoms with E-state index in [0.29, 0.717) is 11.9 Å². The number of piperazine rings is 1. The first-order valence-corrected chi connectivity index (χ1v) is 6.90. The largest absolute Gasteiger partial charge is 0.481 e. The molecule has 0 N–H and O–H groups in total. The van der Waals surface area contributed by atoms with Crippen LogP contribution in [0.3, 0.4) is 0 Å². The molecular formula is C14H20N4O2. The average Bonchev–Trinajstić information content (AvgIpc) is 2.74. The van der Waals surface area contributed by atoms with Gasteiger partial charge in [0.15, 0.2) is 0 Å². The van der Waals surface area contributed by atoms with E-state index in [1.807, 2.05) is 35.2 Å². The molecule has 0 unspecified atom stereocenters. The molecular weight excluding hydrogens is 256 g/mol. The van der Waals surface area contributed by atoms with Crippen LogP contribution in [0, 0.1) is 0 Å². The summed E-state index contributed by atoms with van der Waals surface area (Å²) < 4.78 is 5.07. The Morgan fingerprint density at radius 2 is 2.20 bits per heavy atom. The second-order valence-corrected chi connectivity index (χ2v) is 5.45. The van der Waals surface area contributed by atoms with Crippen LogP contribution >= 0.6 is 0 Å².